The number of hydrogen-bond acceptors (Lipinski definition) is 6. The maximum absolute atomic E-state index is 11.9. The SMILES string of the molecule is COC(=O)c1cnc(OC(F)(F)F)c([N+](=O)[O-])c1. The van der Waals surface area contributed by atoms with Crippen molar-refractivity contribution in [1.82, 2.24) is 4.98 Å². The second-order valence-corrected chi connectivity index (χ2v) is 2.84. The summed E-state index contributed by atoms with van der Waals surface area (Å²) in [5.74, 6) is -2.22. The molecule has 0 unspecified atom stereocenters. The molecule has 10 heteroatoms. The number of aromatic nitrogens is 1. The number of pyridine rings is 1. The van der Waals surface area contributed by atoms with Crippen LogP contribution in [0.25, 0.3) is 0 Å². The van der Waals surface area contributed by atoms with Gasteiger partial charge in [0.15, 0.2) is 0 Å². The van der Waals surface area contributed by atoms with Gasteiger partial charge in [-0.05, 0) is 0 Å². The monoisotopic (exact) mass is 266 g/mol. The standard InChI is InChI=1S/C8H5F3N2O5/c1-17-7(14)4-2-5(13(15)16)6(12-3-4)18-8(9,10)11/h2-3H,1H3. The van der Waals surface area contributed by atoms with E-state index < -0.39 is 28.8 Å². The summed E-state index contributed by atoms with van der Waals surface area (Å²) in [5.41, 5.74) is -1.45. The summed E-state index contributed by atoms with van der Waals surface area (Å²) in [4.78, 5) is 23.5. The third-order valence-electron chi connectivity index (χ3n) is 1.66. The van der Waals surface area contributed by atoms with Crippen molar-refractivity contribution in [2.75, 3.05) is 7.11 Å². The minimum absolute atomic E-state index is 0.362. The molecule has 0 aliphatic heterocycles. The van der Waals surface area contributed by atoms with E-state index >= 15 is 0 Å². The molecule has 0 aromatic carbocycles. The van der Waals surface area contributed by atoms with Gasteiger partial charge in [0, 0.05) is 12.3 Å². The molecule has 1 aromatic heterocycles. The number of esters is 1. The fraction of sp³-hybridized carbons (Fsp3) is 0.250. The number of nitro groups is 1. The molecule has 0 saturated heterocycles. The molecule has 0 aliphatic rings. The lowest BCUT2D eigenvalue weighted by Crippen LogP contribution is -2.19. The van der Waals surface area contributed by atoms with Crippen molar-refractivity contribution < 1.29 is 32.4 Å². The number of rotatable bonds is 3. The lowest BCUT2D eigenvalue weighted by Gasteiger charge is -2.08. The highest BCUT2D eigenvalue weighted by Crippen LogP contribution is 2.30. The Morgan fingerprint density at radius 2 is 2.11 bits per heavy atom. The Hall–Kier alpha value is -2.39. The Bertz CT molecular complexity index is 488. The maximum atomic E-state index is 11.9. The maximum Gasteiger partial charge on any atom is 0.574 e. The topological polar surface area (TPSA) is 91.6 Å². The van der Waals surface area contributed by atoms with Crippen LogP contribution >= 0.6 is 0 Å². The molecule has 18 heavy (non-hydrogen) atoms. The fourth-order valence-corrected chi connectivity index (χ4v) is 0.989. The molecular weight excluding hydrogens is 261 g/mol. The van der Waals surface area contributed by atoms with Crippen LogP contribution in [-0.4, -0.2) is 29.3 Å². The summed E-state index contributed by atoms with van der Waals surface area (Å²) in [5, 5.41) is 10.5. The molecule has 7 nitrogen and oxygen atoms in total. The highest BCUT2D eigenvalue weighted by Gasteiger charge is 2.35. The van der Waals surface area contributed by atoms with Crippen LogP contribution in [0.15, 0.2) is 12.3 Å². The Labute approximate surface area is 97.3 Å². The summed E-state index contributed by atoms with van der Waals surface area (Å²) in [6, 6.07) is 0.583. The fourth-order valence-electron chi connectivity index (χ4n) is 0.989. The van der Waals surface area contributed by atoms with Crippen LogP contribution in [0.4, 0.5) is 18.9 Å². The van der Waals surface area contributed by atoms with E-state index in [9.17, 15) is 28.1 Å². The van der Waals surface area contributed by atoms with Crippen LogP contribution in [0.3, 0.4) is 0 Å². The zero-order valence-corrected chi connectivity index (χ0v) is 8.72. The predicted octanol–water partition coefficient (Wildman–Crippen LogP) is 1.68. The van der Waals surface area contributed by atoms with Gasteiger partial charge in [-0.2, -0.15) is 0 Å². The number of alkyl halides is 3. The minimum atomic E-state index is -5.12. The summed E-state index contributed by atoms with van der Waals surface area (Å²) >= 11 is 0. The molecule has 0 aliphatic carbocycles. The zero-order valence-electron chi connectivity index (χ0n) is 8.72. The Balaban J connectivity index is 3.21. The third kappa shape index (κ3) is 3.30. The molecule has 1 heterocycles. The Morgan fingerprint density at radius 3 is 2.56 bits per heavy atom. The van der Waals surface area contributed by atoms with Crippen molar-refractivity contribution in [3.8, 4) is 5.88 Å². The molecular formula is C8H5F3N2O5. The van der Waals surface area contributed by atoms with Gasteiger partial charge >= 0.3 is 23.9 Å². The van der Waals surface area contributed by atoms with Gasteiger partial charge < -0.3 is 9.47 Å². The van der Waals surface area contributed by atoms with Crippen molar-refractivity contribution in [3.05, 3.63) is 27.9 Å². The molecule has 0 atom stereocenters. The van der Waals surface area contributed by atoms with E-state index in [1.54, 1.807) is 0 Å². The Morgan fingerprint density at radius 1 is 1.50 bits per heavy atom. The summed E-state index contributed by atoms with van der Waals surface area (Å²) < 4.78 is 43.4. The van der Waals surface area contributed by atoms with Gasteiger partial charge in [0.2, 0.25) is 0 Å². The number of carbonyl (C=O) groups excluding carboxylic acids is 1. The minimum Gasteiger partial charge on any atom is -0.465 e. The highest BCUT2D eigenvalue weighted by atomic mass is 19.4. The normalized spacial score (nSPS) is 10.9. The molecule has 0 radical (unpaired) electrons. The predicted molar refractivity (Wildman–Crippen MR) is 48.9 cm³/mol. The van der Waals surface area contributed by atoms with Gasteiger partial charge in [0.25, 0.3) is 0 Å². The van der Waals surface area contributed by atoms with E-state index in [2.05, 4.69) is 14.5 Å². The van der Waals surface area contributed by atoms with Crippen LogP contribution in [0.2, 0.25) is 0 Å². The quantitative estimate of drug-likeness (QED) is 0.469. The van der Waals surface area contributed by atoms with E-state index in [1.165, 1.54) is 0 Å². The molecule has 1 rings (SSSR count). The first-order valence-corrected chi connectivity index (χ1v) is 4.23. The van der Waals surface area contributed by atoms with Crippen molar-refractivity contribution in [3.63, 3.8) is 0 Å². The van der Waals surface area contributed by atoms with Crippen molar-refractivity contribution in [1.29, 1.82) is 0 Å². The summed E-state index contributed by atoms with van der Waals surface area (Å²) in [7, 11) is 1.01. The third-order valence-corrected chi connectivity index (χ3v) is 1.66. The van der Waals surface area contributed by atoms with Crippen LogP contribution in [0, 0.1) is 10.1 Å². The second-order valence-electron chi connectivity index (χ2n) is 2.84. The first-order valence-electron chi connectivity index (χ1n) is 4.23. The number of nitrogens with zero attached hydrogens (tertiary/aromatic N) is 2. The van der Waals surface area contributed by atoms with E-state index in [1.807, 2.05) is 0 Å². The van der Waals surface area contributed by atoms with E-state index in [4.69, 9.17) is 0 Å². The second kappa shape index (κ2) is 4.85. The number of methoxy groups -OCH3 is 1. The van der Waals surface area contributed by atoms with Crippen LogP contribution in [0.1, 0.15) is 10.4 Å². The summed E-state index contributed by atoms with van der Waals surface area (Å²) in [6.07, 6.45) is -4.44. The van der Waals surface area contributed by atoms with Gasteiger partial charge in [0.05, 0.1) is 17.6 Å². The molecule has 0 spiro atoms. The molecule has 1 aromatic rings. The van der Waals surface area contributed by atoms with Crippen LogP contribution in [0.5, 0.6) is 5.88 Å². The van der Waals surface area contributed by atoms with Crippen LogP contribution in [-0.2, 0) is 4.74 Å². The van der Waals surface area contributed by atoms with E-state index in [-0.39, 0.29) is 5.56 Å². The first-order chi connectivity index (χ1) is 8.24. The van der Waals surface area contributed by atoms with Crippen molar-refractivity contribution in [2.24, 2.45) is 0 Å². The number of halogens is 3. The van der Waals surface area contributed by atoms with Gasteiger partial charge in [0.1, 0.15) is 0 Å². The van der Waals surface area contributed by atoms with Gasteiger partial charge in [-0.3, -0.25) is 10.1 Å². The van der Waals surface area contributed by atoms with Crippen molar-refractivity contribution in [2.45, 2.75) is 6.36 Å². The van der Waals surface area contributed by atoms with E-state index in [0.717, 1.165) is 7.11 Å². The molecule has 98 valence electrons. The Kier molecular flexibility index (Phi) is 3.69. The lowest BCUT2D eigenvalue weighted by atomic mass is 10.2. The van der Waals surface area contributed by atoms with Crippen LogP contribution < -0.4 is 4.74 Å². The molecule has 0 N–H and O–H groups in total. The average molecular weight is 266 g/mol. The first kappa shape index (κ1) is 13.7. The summed E-state index contributed by atoms with van der Waals surface area (Å²) in [6.45, 7) is 0. The molecule has 0 bridgehead atoms. The largest absolute Gasteiger partial charge is 0.574 e. The highest BCUT2D eigenvalue weighted by molar-refractivity contribution is 5.89. The van der Waals surface area contributed by atoms with E-state index in [0.29, 0.717) is 12.3 Å². The smallest absolute Gasteiger partial charge is 0.465 e. The van der Waals surface area contributed by atoms with Gasteiger partial charge in [-0.25, -0.2) is 9.78 Å². The van der Waals surface area contributed by atoms with Gasteiger partial charge in [-0.1, -0.05) is 0 Å². The van der Waals surface area contributed by atoms with Crippen molar-refractivity contribution >= 4 is 11.7 Å². The van der Waals surface area contributed by atoms with Gasteiger partial charge in [-0.15, -0.1) is 13.2 Å². The number of hydrogen-bond donors (Lipinski definition) is 0. The molecule has 0 saturated carbocycles. The lowest BCUT2D eigenvalue weighted by molar-refractivity contribution is -0.389. The molecule has 0 amide bonds. The number of carbonyl (C=O) groups is 1. The zero-order chi connectivity index (χ0) is 13.9. The average Bonchev–Trinajstić information content (AvgIpc) is 2.26. The number of ether oxygens (including phenoxy) is 2. The molecule has 0 fully saturated rings.